The fourth-order valence-corrected chi connectivity index (χ4v) is 8.66. The van der Waals surface area contributed by atoms with Gasteiger partial charge < -0.3 is 9.47 Å². The molecule has 0 fully saturated rings. The van der Waals surface area contributed by atoms with Crippen molar-refractivity contribution in [3.05, 3.63) is 206 Å². The van der Waals surface area contributed by atoms with Crippen molar-refractivity contribution in [2.45, 2.75) is 0 Å². The molecule has 0 unspecified atom stereocenters. The Morgan fingerprint density at radius 2 is 0.833 bits per heavy atom. The highest BCUT2D eigenvalue weighted by Gasteiger charge is 2.21. The second-order valence-electron chi connectivity index (χ2n) is 14.1. The Hall–Kier alpha value is -7.16. The lowest BCUT2D eigenvalue weighted by molar-refractivity contribution is 1.20. The molecule has 0 aliphatic rings. The maximum absolute atomic E-state index is 2.45. The first kappa shape index (κ1) is 30.5. The first-order valence-corrected chi connectivity index (χ1v) is 18.6. The molecule has 0 aliphatic heterocycles. The van der Waals surface area contributed by atoms with Crippen molar-refractivity contribution in [1.29, 1.82) is 0 Å². The van der Waals surface area contributed by atoms with Crippen LogP contribution in [-0.2, 0) is 0 Å². The molecule has 0 N–H and O–H groups in total. The first-order valence-electron chi connectivity index (χ1n) is 18.6. The molecule has 0 saturated heterocycles. The van der Waals surface area contributed by atoms with E-state index >= 15 is 0 Å². The van der Waals surface area contributed by atoms with Gasteiger partial charge in [-0.1, -0.05) is 158 Å². The summed E-state index contributed by atoms with van der Waals surface area (Å²) in [6.07, 6.45) is 0. The number of nitrogens with zero attached hydrogens (tertiary/aromatic N) is 2. The number of anilines is 3. The van der Waals surface area contributed by atoms with E-state index < -0.39 is 0 Å². The van der Waals surface area contributed by atoms with Gasteiger partial charge in [0, 0.05) is 32.9 Å². The van der Waals surface area contributed by atoms with E-state index in [2.05, 4.69) is 216 Å². The summed E-state index contributed by atoms with van der Waals surface area (Å²) in [5.74, 6) is 0. The fourth-order valence-electron chi connectivity index (χ4n) is 8.66. The van der Waals surface area contributed by atoms with Gasteiger partial charge in [0.25, 0.3) is 0 Å². The van der Waals surface area contributed by atoms with Crippen molar-refractivity contribution in [2.24, 2.45) is 0 Å². The molecule has 0 saturated carbocycles. The van der Waals surface area contributed by atoms with Crippen molar-refractivity contribution >= 4 is 71.2 Å². The van der Waals surface area contributed by atoms with Gasteiger partial charge in [0.15, 0.2) is 0 Å². The SMILES string of the molecule is c1ccc(-c2ccc(N(c3cccc(-c4ccccc4)c3)c3ccc4ccc5c(-n6c7ccccc7c7ccccc76)ccc6ccc3c4c65)cc2)cc1. The minimum atomic E-state index is 1.11. The Bertz CT molecular complexity index is 3090. The Balaban J connectivity index is 1.16. The third kappa shape index (κ3) is 4.74. The highest BCUT2D eigenvalue weighted by molar-refractivity contribution is 6.27. The maximum Gasteiger partial charge on any atom is 0.0541 e. The average Bonchev–Trinajstić information content (AvgIpc) is 3.58. The Kier molecular flexibility index (Phi) is 6.90. The lowest BCUT2D eigenvalue weighted by atomic mass is 9.92. The van der Waals surface area contributed by atoms with Gasteiger partial charge >= 0.3 is 0 Å². The summed E-state index contributed by atoms with van der Waals surface area (Å²) in [4.78, 5) is 2.43. The van der Waals surface area contributed by atoms with E-state index in [4.69, 9.17) is 0 Å². The number of benzene rings is 10. The molecule has 0 amide bonds. The molecule has 11 aromatic rings. The monoisotopic (exact) mass is 686 g/mol. The summed E-state index contributed by atoms with van der Waals surface area (Å²) in [5, 5.41) is 10.1. The first-order chi connectivity index (χ1) is 26.8. The molecule has 10 aromatic carbocycles. The van der Waals surface area contributed by atoms with Gasteiger partial charge in [-0.3, -0.25) is 0 Å². The topological polar surface area (TPSA) is 8.17 Å². The van der Waals surface area contributed by atoms with Gasteiger partial charge in [-0.25, -0.2) is 0 Å². The van der Waals surface area contributed by atoms with Crippen LogP contribution in [0.25, 0.3) is 82.1 Å². The second kappa shape index (κ2) is 12.2. The fraction of sp³-hybridized carbons (Fsp3) is 0. The van der Waals surface area contributed by atoms with Crippen LogP contribution in [0.5, 0.6) is 0 Å². The summed E-state index contributed by atoms with van der Waals surface area (Å²) in [6.45, 7) is 0. The van der Waals surface area contributed by atoms with E-state index in [9.17, 15) is 0 Å². The van der Waals surface area contributed by atoms with E-state index in [1.807, 2.05) is 0 Å². The highest BCUT2D eigenvalue weighted by Crippen LogP contribution is 2.46. The van der Waals surface area contributed by atoms with E-state index in [1.54, 1.807) is 0 Å². The van der Waals surface area contributed by atoms with Crippen LogP contribution in [0.15, 0.2) is 206 Å². The highest BCUT2D eigenvalue weighted by atomic mass is 15.1. The van der Waals surface area contributed by atoms with Gasteiger partial charge in [0.2, 0.25) is 0 Å². The van der Waals surface area contributed by atoms with E-state index in [0.717, 1.165) is 17.1 Å². The summed E-state index contributed by atoms with van der Waals surface area (Å²) in [7, 11) is 0. The lowest BCUT2D eigenvalue weighted by Crippen LogP contribution is -2.11. The number of hydrogen-bond acceptors (Lipinski definition) is 1. The molecule has 0 spiro atoms. The summed E-state index contributed by atoms with van der Waals surface area (Å²) in [6, 6.07) is 75.2. The van der Waals surface area contributed by atoms with Crippen molar-refractivity contribution in [1.82, 2.24) is 4.57 Å². The molecular weight excluding hydrogens is 653 g/mol. The predicted octanol–water partition coefficient (Wildman–Crippen LogP) is 14.5. The normalized spacial score (nSPS) is 11.7. The van der Waals surface area contributed by atoms with Gasteiger partial charge in [0.1, 0.15) is 0 Å². The summed E-state index contributed by atoms with van der Waals surface area (Å²) < 4.78 is 2.45. The summed E-state index contributed by atoms with van der Waals surface area (Å²) >= 11 is 0. The predicted molar refractivity (Wildman–Crippen MR) is 230 cm³/mol. The quantitative estimate of drug-likeness (QED) is 0.158. The summed E-state index contributed by atoms with van der Waals surface area (Å²) in [5.41, 5.74) is 11.8. The van der Waals surface area contributed by atoms with Crippen molar-refractivity contribution < 1.29 is 0 Å². The van der Waals surface area contributed by atoms with Crippen molar-refractivity contribution in [2.75, 3.05) is 4.90 Å². The van der Waals surface area contributed by atoms with E-state index in [-0.39, 0.29) is 0 Å². The molecule has 1 aromatic heterocycles. The number of hydrogen-bond donors (Lipinski definition) is 0. The number of rotatable bonds is 6. The minimum Gasteiger partial charge on any atom is -0.310 e. The van der Waals surface area contributed by atoms with Crippen LogP contribution in [0.2, 0.25) is 0 Å². The number of fused-ring (bicyclic) bond motifs is 3. The second-order valence-corrected chi connectivity index (χ2v) is 14.1. The minimum absolute atomic E-state index is 1.11. The van der Waals surface area contributed by atoms with E-state index in [1.165, 1.54) is 82.1 Å². The van der Waals surface area contributed by atoms with Crippen LogP contribution in [0.3, 0.4) is 0 Å². The number of aromatic nitrogens is 1. The van der Waals surface area contributed by atoms with Crippen molar-refractivity contribution in [3.8, 4) is 27.9 Å². The molecule has 54 heavy (non-hydrogen) atoms. The molecule has 1 heterocycles. The zero-order chi connectivity index (χ0) is 35.6. The molecule has 2 nitrogen and oxygen atoms in total. The Labute approximate surface area is 313 Å². The molecule has 0 atom stereocenters. The van der Waals surface area contributed by atoms with Gasteiger partial charge in [0.05, 0.1) is 22.4 Å². The van der Waals surface area contributed by atoms with Crippen LogP contribution in [0.4, 0.5) is 17.1 Å². The van der Waals surface area contributed by atoms with E-state index in [0.29, 0.717) is 0 Å². The van der Waals surface area contributed by atoms with Crippen LogP contribution in [0, 0.1) is 0 Å². The van der Waals surface area contributed by atoms with Crippen LogP contribution < -0.4 is 4.90 Å². The molecule has 2 heteroatoms. The molecule has 0 aliphatic carbocycles. The molecular formula is C52H34N2. The Morgan fingerprint density at radius 1 is 0.315 bits per heavy atom. The molecule has 11 rings (SSSR count). The smallest absolute Gasteiger partial charge is 0.0541 e. The average molecular weight is 687 g/mol. The zero-order valence-corrected chi connectivity index (χ0v) is 29.5. The van der Waals surface area contributed by atoms with Crippen LogP contribution >= 0.6 is 0 Å². The van der Waals surface area contributed by atoms with Gasteiger partial charge in [-0.05, 0) is 92.3 Å². The standard InChI is InChI=1S/C52H34N2/c1-3-12-35(13-4-1)37-22-28-41(29-23-37)53(42-17-11-16-40(34-42)36-14-5-2-6-15-36)49-32-26-38-25-31-46-50(33-27-39-24-30-45(49)51(38)52(39)46)54-47-20-9-7-18-43(47)44-19-8-10-21-48(44)54/h1-34H. The third-order valence-corrected chi connectivity index (χ3v) is 11.1. The largest absolute Gasteiger partial charge is 0.310 e. The lowest BCUT2D eigenvalue weighted by Gasteiger charge is -2.28. The van der Waals surface area contributed by atoms with Gasteiger partial charge in [-0.15, -0.1) is 0 Å². The molecule has 0 radical (unpaired) electrons. The maximum atomic E-state index is 2.45. The third-order valence-electron chi connectivity index (χ3n) is 11.1. The molecule has 0 bridgehead atoms. The van der Waals surface area contributed by atoms with Crippen LogP contribution in [0.1, 0.15) is 0 Å². The van der Waals surface area contributed by atoms with Crippen molar-refractivity contribution in [3.63, 3.8) is 0 Å². The zero-order valence-electron chi connectivity index (χ0n) is 29.5. The van der Waals surface area contributed by atoms with Gasteiger partial charge in [-0.2, -0.15) is 0 Å². The van der Waals surface area contributed by atoms with Crippen LogP contribution in [-0.4, -0.2) is 4.57 Å². The molecule has 252 valence electrons. The Morgan fingerprint density at radius 3 is 1.52 bits per heavy atom. The number of para-hydroxylation sites is 2.